The average Bonchev–Trinajstić information content (AvgIpc) is 3.27. The summed E-state index contributed by atoms with van der Waals surface area (Å²) in [7, 11) is 3.51. The van der Waals surface area contributed by atoms with Gasteiger partial charge in [-0.1, -0.05) is 29.3 Å². The van der Waals surface area contributed by atoms with Crippen LogP contribution in [0.25, 0.3) is 17.0 Å². The summed E-state index contributed by atoms with van der Waals surface area (Å²) in [6.07, 6.45) is 3.61. The van der Waals surface area contributed by atoms with Crippen LogP contribution in [0.5, 0.6) is 5.88 Å². The maximum Gasteiger partial charge on any atom is 0.274 e. The van der Waals surface area contributed by atoms with Gasteiger partial charge in [0, 0.05) is 38.1 Å². The van der Waals surface area contributed by atoms with E-state index in [4.69, 9.17) is 37.7 Å². The molecule has 0 aliphatic carbocycles. The van der Waals surface area contributed by atoms with E-state index >= 15 is 0 Å². The Morgan fingerprint density at radius 1 is 1.19 bits per heavy atom. The lowest BCUT2D eigenvalue weighted by molar-refractivity contribution is -0.0110. The van der Waals surface area contributed by atoms with Crippen LogP contribution in [0, 0.1) is 0 Å². The van der Waals surface area contributed by atoms with Crippen molar-refractivity contribution in [3.63, 3.8) is 0 Å². The molecule has 1 unspecified atom stereocenters. The molecule has 4 aromatic rings. The number of nitrogens with zero attached hydrogens (tertiary/aromatic N) is 6. The molecule has 1 aliphatic heterocycles. The molecule has 1 amide bonds. The standard InChI is InChI=1S/C26H26Cl2N6O3/c1-32(14-18-16-37-12-11-33(18)26(35)24-19(28)7-9-23(31-24)36-2)15-21-25(20-8-6-17(27)13-29-20)30-22-5-3-4-10-34(21)22/h3-10,13,18H,11-12,14-16H2,1-2H3. The van der Waals surface area contributed by atoms with E-state index in [0.29, 0.717) is 43.8 Å². The van der Waals surface area contributed by atoms with Crippen LogP contribution in [0.1, 0.15) is 16.2 Å². The molecule has 0 saturated carbocycles. The normalized spacial score (nSPS) is 15.9. The van der Waals surface area contributed by atoms with E-state index in [1.165, 1.54) is 7.11 Å². The first-order chi connectivity index (χ1) is 17.9. The maximum atomic E-state index is 13.5. The summed E-state index contributed by atoms with van der Waals surface area (Å²) in [5.41, 5.74) is 3.52. The van der Waals surface area contributed by atoms with Crippen molar-refractivity contribution in [3.05, 3.63) is 76.3 Å². The first kappa shape index (κ1) is 25.4. The Bertz CT molecular complexity index is 1410. The molecule has 4 aromatic heterocycles. The number of hydrogen-bond donors (Lipinski definition) is 0. The number of carbonyl (C=O) groups excluding carboxylic acids is 1. The van der Waals surface area contributed by atoms with E-state index in [0.717, 1.165) is 22.7 Å². The SMILES string of the molecule is COc1ccc(Cl)c(C(=O)N2CCOCC2CN(C)Cc2c(-c3ccc(Cl)cn3)nc3ccccn23)n1. The highest BCUT2D eigenvalue weighted by Crippen LogP contribution is 2.26. The average molecular weight is 541 g/mol. The zero-order valence-corrected chi connectivity index (χ0v) is 22.0. The predicted octanol–water partition coefficient (Wildman–Crippen LogP) is 4.08. The molecule has 192 valence electrons. The quantitative estimate of drug-likeness (QED) is 0.349. The van der Waals surface area contributed by atoms with Crippen molar-refractivity contribution < 1.29 is 14.3 Å². The van der Waals surface area contributed by atoms with Gasteiger partial charge >= 0.3 is 0 Å². The molecular formula is C26H26Cl2N6O3. The molecule has 5 heterocycles. The van der Waals surface area contributed by atoms with Crippen LogP contribution in [0.15, 0.2) is 54.9 Å². The molecule has 0 aromatic carbocycles. The number of aromatic nitrogens is 4. The molecular weight excluding hydrogens is 515 g/mol. The number of halogens is 2. The van der Waals surface area contributed by atoms with Crippen LogP contribution < -0.4 is 4.74 Å². The Labute approximate surface area is 224 Å². The summed E-state index contributed by atoms with van der Waals surface area (Å²) in [4.78, 5) is 31.0. The van der Waals surface area contributed by atoms with E-state index in [-0.39, 0.29) is 22.7 Å². The van der Waals surface area contributed by atoms with Gasteiger partial charge < -0.3 is 18.8 Å². The van der Waals surface area contributed by atoms with Gasteiger partial charge in [-0.3, -0.25) is 14.7 Å². The van der Waals surface area contributed by atoms with Gasteiger partial charge in [0.25, 0.3) is 5.91 Å². The van der Waals surface area contributed by atoms with Gasteiger partial charge in [-0.25, -0.2) is 9.97 Å². The number of amides is 1. The van der Waals surface area contributed by atoms with Gasteiger partial charge in [-0.05, 0) is 37.4 Å². The number of methoxy groups -OCH3 is 1. The minimum atomic E-state index is -0.244. The number of rotatable bonds is 7. The van der Waals surface area contributed by atoms with E-state index < -0.39 is 0 Å². The number of ether oxygens (including phenoxy) is 2. The first-order valence-corrected chi connectivity index (χ1v) is 12.6. The van der Waals surface area contributed by atoms with Gasteiger partial charge in [0.1, 0.15) is 11.3 Å². The summed E-state index contributed by atoms with van der Waals surface area (Å²) in [5.74, 6) is 0.0945. The van der Waals surface area contributed by atoms with E-state index in [1.807, 2.05) is 43.6 Å². The van der Waals surface area contributed by atoms with Crippen LogP contribution in [0.3, 0.4) is 0 Å². The highest BCUT2D eigenvalue weighted by molar-refractivity contribution is 6.33. The summed E-state index contributed by atoms with van der Waals surface area (Å²) in [6, 6.07) is 12.6. The van der Waals surface area contributed by atoms with Crippen LogP contribution in [0.4, 0.5) is 0 Å². The van der Waals surface area contributed by atoms with E-state index in [1.54, 1.807) is 23.2 Å². The zero-order valence-electron chi connectivity index (χ0n) is 20.5. The fourth-order valence-electron chi connectivity index (χ4n) is 4.50. The third-order valence-electron chi connectivity index (χ3n) is 6.26. The number of carbonyl (C=O) groups is 1. The summed E-state index contributed by atoms with van der Waals surface area (Å²) >= 11 is 12.4. The molecule has 0 N–H and O–H groups in total. The van der Waals surface area contributed by atoms with Crippen LogP contribution >= 0.6 is 23.2 Å². The number of likely N-dealkylation sites (N-methyl/N-ethyl adjacent to an activating group) is 1. The van der Waals surface area contributed by atoms with E-state index in [9.17, 15) is 4.79 Å². The topological polar surface area (TPSA) is 85.1 Å². The molecule has 5 rings (SSSR count). The molecule has 37 heavy (non-hydrogen) atoms. The molecule has 1 atom stereocenters. The molecule has 1 aliphatic rings. The van der Waals surface area contributed by atoms with Crippen molar-refractivity contribution in [2.75, 3.05) is 40.5 Å². The third kappa shape index (κ3) is 5.40. The lowest BCUT2D eigenvalue weighted by Crippen LogP contribution is -2.53. The van der Waals surface area contributed by atoms with Gasteiger partial charge in [0.15, 0.2) is 5.69 Å². The van der Waals surface area contributed by atoms with Crippen molar-refractivity contribution in [2.24, 2.45) is 0 Å². The van der Waals surface area contributed by atoms with Gasteiger partial charge in [-0.2, -0.15) is 0 Å². The fourth-order valence-corrected chi connectivity index (χ4v) is 4.79. The second-order valence-electron chi connectivity index (χ2n) is 8.81. The highest BCUT2D eigenvalue weighted by Gasteiger charge is 2.31. The van der Waals surface area contributed by atoms with Crippen molar-refractivity contribution in [1.82, 2.24) is 29.2 Å². The molecule has 11 heteroatoms. The Kier molecular flexibility index (Phi) is 7.57. The molecule has 0 radical (unpaired) electrons. The second kappa shape index (κ2) is 11.0. The Hall–Kier alpha value is -3.24. The molecule has 0 spiro atoms. The Morgan fingerprint density at radius 3 is 2.84 bits per heavy atom. The van der Waals surface area contributed by atoms with Crippen LogP contribution in [-0.4, -0.2) is 81.6 Å². The molecule has 1 fully saturated rings. The number of hydrogen-bond acceptors (Lipinski definition) is 7. The molecule has 1 saturated heterocycles. The van der Waals surface area contributed by atoms with E-state index in [2.05, 4.69) is 19.3 Å². The zero-order chi connectivity index (χ0) is 25.9. The van der Waals surface area contributed by atoms with Gasteiger partial charge in [0.05, 0.1) is 47.8 Å². The fraction of sp³-hybridized carbons (Fsp3) is 0.308. The lowest BCUT2D eigenvalue weighted by atomic mass is 10.1. The number of fused-ring (bicyclic) bond motifs is 1. The predicted molar refractivity (Wildman–Crippen MR) is 141 cm³/mol. The van der Waals surface area contributed by atoms with Crippen LogP contribution in [0.2, 0.25) is 10.0 Å². The van der Waals surface area contributed by atoms with Gasteiger partial charge in [-0.15, -0.1) is 0 Å². The Morgan fingerprint density at radius 2 is 2.05 bits per heavy atom. The monoisotopic (exact) mass is 540 g/mol. The summed E-state index contributed by atoms with van der Waals surface area (Å²) < 4.78 is 13.0. The summed E-state index contributed by atoms with van der Waals surface area (Å²) in [6.45, 7) is 2.45. The van der Waals surface area contributed by atoms with Gasteiger partial charge in [0.2, 0.25) is 5.88 Å². The number of pyridine rings is 3. The minimum Gasteiger partial charge on any atom is -0.481 e. The first-order valence-electron chi connectivity index (χ1n) is 11.8. The maximum absolute atomic E-state index is 13.5. The largest absolute Gasteiger partial charge is 0.481 e. The second-order valence-corrected chi connectivity index (χ2v) is 9.65. The van der Waals surface area contributed by atoms with Crippen molar-refractivity contribution in [1.29, 1.82) is 0 Å². The molecule has 9 nitrogen and oxygen atoms in total. The highest BCUT2D eigenvalue weighted by atomic mass is 35.5. The Balaban J connectivity index is 1.39. The van der Waals surface area contributed by atoms with Crippen molar-refractivity contribution in [2.45, 2.75) is 12.6 Å². The summed E-state index contributed by atoms with van der Waals surface area (Å²) in [5, 5.41) is 0.856. The number of morpholine rings is 1. The van der Waals surface area contributed by atoms with Crippen molar-refractivity contribution >= 4 is 34.8 Å². The lowest BCUT2D eigenvalue weighted by Gasteiger charge is -2.37. The molecule has 0 bridgehead atoms. The third-order valence-corrected chi connectivity index (χ3v) is 6.79. The smallest absolute Gasteiger partial charge is 0.274 e. The number of imidazole rings is 1. The van der Waals surface area contributed by atoms with Crippen molar-refractivity contribution in [3.8, 4) is 17.3 Å². The van der Waals surface area contributed by atoms with Crippen LogP contribution in [-0.2, 0) is 11.3 Å². The minimum absolute atomic E-state index is 0.174.